The van der Waals surface area contributed by atoms with E-state index >= 15 is 0 Å². The largest absolute Gasteiger partial charge is 0.366 e. The molecule has 1 atom stereocenters. The summed E-state index contributed by atoms with van der Waals surface area (Å²) in [5.74, 6) is 1.24. The molecule has 2 N–H and O–H groups in total. The summed E-state index contributed by atoms with van der Waals surface area (Å²) in [6, 6.07) is 8.83. The summed E-state index contributed by atoms with van der Waals surface area (Å²) in [6.45, 7) is 1.45. The summed E-state index contributed by atoms with van der Waals surface area (Å²) in [6.07, 6.45) is 3.30. The van der Waals surface area contributed by atoms with Gasteiger partial charge in [0.15, 0.2) is 0 Å². The lowest BCUT2D eigenvalue weighted by atomic mass is 9.98. The van der Waals surface area contributed by atoms with E-state index in [1.807, 2.05) is 12.1 Å². The maximum atomic E-state index is 11.3. The predicted octanol–water partition coefficient (Wildman–Crippen LogP) is 3.92. The van der Waals surface area contributed by atoms with E-state index in [4.69, 9.17) is 33.5 Å². The lowest BCUT2D eigenvalue weighted by molar-refractivity contribution is 0.1000. The fourth-order valence-corrected chi connectivity index (χ4v) is 3.70. The molecular weight excluding hydrogens is 401 g/mol. The SMILES string of the molecule is NC(=O)c1cnc(N2CCCC(c3nc(-c4ccc(Cl)cc4)no3)C2)c(Cl)c1. The van der Waals surface area contributed by atoms with Crippen molar-refractivity contribution in [2.75, 3.05) is 18.0 Å². The van der Waals surface area contributed by atoms with Crippen molar-refractivity contribution in [3.63, 3.8) is 0 Å². The Kier molecular flexibility index (Phi) is 5.19. The fraction of sp³-hybridized carbons (Fsp3) is 0.263. The van der Waals surface area contributed by atoms with Gasteiger partial charge in [0.1, 0.15) is 5.82 Å². The van der Waals surface area contributed by atoms with E-state index in [0.29, 0.717) is 34.1 Å². The van der Waals surface area contributed by atoms with Gasteiger partial charge in [0, 0.05) is 29.9 Å². The maximum absolute atomic E-state index is 11.3. The van der Waals surface area contributed by atoms with Crippen LogP contribution in [0.2, 0.25) is 10.0 Å². The fourth-order valence-electron chi connectivity index (χ4n) is 3.29. The van der Waals surface area contributed by atoms with Crippen LogP contribution < -0.4 is 10.6 Å². The van der Waals surface area contributed by atoms with Crippen molar-refractivity contribution in [1.29, 1.82) is 0 Å². The van der Waals surface area contributed by atoms with Gasteiger partial charge in [-0.3, -0.25) is 4.79 Å². The van der Waals surface area contributed by atoms with Crippen LogP contribution in [0.1, 0.15) is 35.0 Å². The highest BCUT2D eigenvalue weighted by Gasteiger charge is 2.28. The first-order valence-corrected chi connectivity index (χ1v) is 9.56. The predicted molar refractivity (Wildman–Crippen MR) is 107 cm³/mol. The minimum absolute atomic E-state index is 0.0657. The Balaban J connectivity index is 1.53. The lowest BCUT2D eigenvalue weighted by Crippen LogP contribution is -2.35. The molecule has 0 bridgehead atoms. The quantitative estimate of drug-likeness (QED) is 0.690. The molecule has 7 nitrogen and oxygen atoms in total. The number of pyridine rings is 1. The lowest BCUT2D eigenvalue weighted by Gasteiger charge is -2.32. The van der Waals surface area contributed by atoms with Crippen LogP contribution >= 0.6 is 23.2 Å². The highest BCUT2D eigenvalue weighted by atomic mass is 35.5. The molecule has 3 heterocycles. The van der Waals surface area contributed by atoms with Gasteiger partial charge in [-0.1, -0.05) is 28.4 Å². The van der Waals surface area contributed by atoms with E-state index in [1.165, 1.54) is 6.20 Å². The van der Waals surface area contributed by atoms with E-state index in [0.717, 1.165) is 24.9 Å². The topological polar surface area (TPSA) is 98.1 Å². The van der Waals surface area contributed by atoms with Crippen LogP contribution in [0.5, 0.6) is 0 Å². The minimum Gasteiger partial charge on any atom is -0.366 e. The minimum atomic E-state index is -0.557. The average Bonchev–Trinajstić information content (AvgIpc) is 3.19. The number of hydrogen-bond acceptors (Lipinski definition) is 6. The van der Waals surface area contributed by atoms with Gasteiger partial charge in [-0.2, -0.15) is 4.98 Å². The first kappa shape index (κ1) is 18.7. The molecule has 144 valence electrons. The molecule has 0 aliphatic carbocycles. The molecule has 3 aromatic rings. The number of hydrogen-bond donors (Lipinski definition) is 1. The first-order valence-electron chi connectivity index (χ1n) is 8.81. The Morgan fingerprint density at radius 1 is 1.25 bits per heavy atom. The van der Waals surface area contributed by atoms with Crippen molar-refractivity contribution in [3.05, 3.63) is 58.0 Å². The smallest absolute Gasteiger partial charge is 0.250 e. The second kappa shape index (κ2) is 7.77. The summed E-state index contributed by atoms with van der Waals surface area (Å²) in [7, 11) is 0. The highest BCUT2D eigenvalue weighted by Crippen LogP contribution is 2.32. The van der Waals surface area contributed by atoms with Crippen molar-refractivity contribution >= 4 is 34.9 Å². The van der Waals surface area contributed by atoms with Crippen molar-refractivity contribution in [1.82, 2.24) is 15.1 Å². The van der Waals surface area contributed by atoms with Crippen molar-refractivity contribution in [2.45, 2.75) is 18.8 Å². The molecule has 0 radical (unpaired) electrons. The first-order chi connectivity index (χ1) is 13.5. The molecule has 0 saturated carbocycles. The zero-order valence-electron chi connectivity index (χ0n) is 14.8. The van der Waals surface area contributed by atoms with Crippen LogP contribution in [0.15, 0.2) is 41.1 Å². The summed E-state index contributed by atoms with van der Waals surface area (Å²) in [5, 5.41) is 5.14. The molecule has 1 saturated heterocycles. The van der Waals surface area contributed by atoms with E-state index in [9.17, 15) is 4.79 Å². The number of amides is 1. The van der Waals surface area contributed by atoms with Gasteiger partial charge in [0.2, 0.25) is 17.6 Å². The summed E-state index contributed by atoms with van der Waals surface area (Å²) >= 11 is 12.3. The summed E-state index contributed by atoms with van der Waals surface area (Å²) < 4.78 is 5.52. The second-order valence-electron chi connectivity index (χ2n) is 6.64. The van der Waals surface area contributed by atoms with Crippen LogP contribution in [0.25, 0.3) is 11.4 Å². The Labute approximate surface area is 171 Å². The molecule has 1 amide bonds. The summed E-state index contributed by atoms with van der Waals surface area (Å²) in [5.41, 5.74) is 6.41. The van der Waals surface area contributed by atoms with Gasteiger partial charge in [0.25, 0.3) is 0 Å². The van der Waals surface area contributed by atoms with Gasteiger partial charge in [-0.25, -0.2) is 4.98 Å². The second-order valence-corrected chi connectivity index (χ2v) is 7.49. The Morgan fingerprint density at radius 2 is 2.04 bits per heavy atom. The van der Waals surface area contributed by atoms with E-state index in [-0.39, 0.29) is 11.5 Å². The van der Waals surface area contributed by atoms with Gasteiger partial charge in [0.05, 0.1) is 16.5 Å². The number of carbonyl (C=O) groups excluding carboxylic acids is 1. The number of piperidine rings is 1. The zero-order chi connectivity index (χ0) is 19.7. The highest BCUT2D eigenvalue weighted by molar-refractivity contribution is 6.33. The number of primary amides is 1. The average molecular weight is 418 g/mol. The van der Waals surface area contributed by atoms with Crippen LogP contribution in [0.4, 0.5) is 5.82 Å². The molecule has 28 heavy (non-hydrogen) atoms. The number of halogens is 2. The maximum Gasteiger partial charge on any atom is 0.250 e. The standard InChI is InChI=1S/C19H17Cl2N5O2/c20-14-5-3-11(4-6-14)17-24-19(28-25-17)12-2-1-7-26(10-12)18-15(21)8-13(9-23-18)16(22)27/h3-6,8-9,12H,1-2,7,10H2,(H2,22,27). The molecule has 2 aromatic heterocycles. The molecular formula is C19H17Cl2N5O2. The molecule has 1 unspecified atom stereocenters. The number of carbonyl (C=O) groups is 1. The number of benzene rings is 1. The third kappa shape index (κ3) is 3.81. The van der Waals surface area contributed by atoms with E-state index in [1.54, 1.807) is 18.2 Å². The molecule has 9 heteroatoms. The summed E-state index contributed by atoms with van der Waals surface area (Å²) in [4.78, 5) is 22.2. The van der Waals surface area contributed by atoms with E-state index < -0.39 is 5.91 Å². The molecule has 1 aliphatic heterocycles. The van der Waals surface area contributed by atoms with Gasteiger partial charge >= 0.3 is 0 Å². The van der Waals surface area contributed by atoms with Gasteiger partial charge in [-0.05, 0) is 43.2 Å². The number of aromatic nitrogens is 3. The Hall–Kier alpha value is -2.64. The molecule has 1 fully saturated rings. The number of nitrogens with two attached hydrogens (primary N) is 1. The number of rotatable bonds is 4. The third-order valence-electron chi connectivity index (χ3n) is 4.72. The zero-order valence-corrected chi connectivity index (χ0v) is 16.3. The normalized spacial score (nSPS) is 16.9. The Morgan fingerprint density at radius 3 is 2.75 bits per heavy atom. The molecule has 0 spiro atoms. The van der Waals surface area contributed by atoms with Crippen LogP contribution in [-0.4, -0.2) is 34.1 Å². The number of nitrogens with zero attached hydrogens (tertiary/aromatic N) is 4. The van der Waals surface area contributed by atoms with Gasteiger partial charge in [-0.15, -0.1) is 0 Å². The van der Waals surface area contributed by atoms with E-state index in [2.05, 4.69) is 20.0 Å². The van der Waals surface area contributed by atoms with Crippen molar-refractivity contribution in [3.8, 4) is 11.4 Å². The Bertz CT molecular complexity index is 1010. The van der Waals surface area contributed by atoms with Crippen molar-refractivity contribution < 1.29 is 9.32 Å². The van der Waals surface area contributed by atoms with Crippen LogP contribution in [0.3, 0.4) is 0 Å². The van der Waals surface area contributed by atoms with Gasteiger partial charge < -0.3 is 15.2 Å². The number of anilines is 1. The molecule has 1 aliphatic rings. The molecule has 1 aromatic carbocycles. The van der Waals surface area contributed by atoms with Crippen molar-refractivity contribution in [2.24, 2.45) is 5.73 Å². The van der Waals surface area contributed by atoms with Crippen LogP contribution in [0, 0.1) is 0 Å². The van der Waals surface area contributed by atoms with Crippen LogP contribution in [-0.2, 0) is 0 Å². The molecule has 4 rings (SSSR count). The third-order valence-corrected chi connectivity index (χ3v) is 5.25. The monoisotopic (exact) mass is 417 g/mol.